The molecule has 1 saturated heterocycles. The molecule has 3 rings (SSSR count). The molecule has 1 aromatic heterocycles. The summed E-state index contributed by atoms with van der Waals surface area (Å²) in [6.07, 6.45) is -5.97. The number of methoxy groups -OCH3 is 1. The van der Waals surface area contributed by atoms with Crippen molar-refractivity contribution in [1.29, 1.82) is 0 Å². The van der Waals surface area contributed by atoms with Gasteiger partial charge in [0.2, 0.25) is 0 Å². The molecule has 1 aliphatic heterocycles. The molecule has 0 radical (unpaired) electrons. The molecule has 1 aromatic carbocycles. The number of benzene rings is 1. The van der Waals surface area contributed by atoms with Gasteiger partial charge in [-0.1, -0.05) is 23.0 Å². The number of ether oxygens (including phenoxy) is 3. The van der Waals surface area contributed by atoms with Crippen LogP contribution >= 0.6 is 11.8 Å². The van der Waals surface area contributed by atoms with Crippen LogP contribution in [0.5, 0.6) is 5.75 Å². The molecule has 17 heteroatoms. The van der Waals surface area contributed by atoms with E-state index in [4.69, 9.17) is 14.2 Å². The van der Waals surface area contributed by atoms with Crippen LogP contribution in [0, 0.1) is 0 Å². The SMILES string of the molecule is COc1cccc2c1c(/C(=N\OS(=O)(=O)[O-])S[C@@H]1O[C@H](CO)[C@@H](O)[C@H](O)[C@H]1O)cn2C(=O)OC(C)(C)C.[K+]. The first kappa shape index (κ1) is 33.4. The second-order valence-electron chi connectivity index (χ2n) is 8.94. The quantitative estimate of drug-likeness (QED) is 0.0654. The Morgan fingerprint density at radius 1 is 1.21 bits per heavy atom. The zero-order valence-corrected chi connectivity index (χ0v) is 25.9. The number of hydrogen-bond acceptors (Lipinski definition) is 14. The molecular weight excluding hydrogens is 575 g/mol. The van der Waals surface area contributed by atoms with E-state index < -0.39 is 58.6 Å². The number of thioether (sulfide) groups is 1. The molecule has 0 amide bonds. The van der Waals surface area contributed by atoms with Crippen molar-refractivity contribution in [3.05, 3.63) is 30.0 Å². The number of aliphatic hydroxyl groups excluding tert-OH is 4. The van der Waals surface area contributed by atoms with Gasteiger partial charge < -0.3 is 39.2 Å². The maximum Gasteiger partial charge on any atom is 1.00 e. The largest absolute Gasteiger partial charge is 1.00 e. The zero-order chi connectivity index (χ0) is 27.7. The van der Waals surface area contributed by atoms with Crippen molar-refractivity contribution in [2.24, 2.45) is 5.16 Å². The Morgan fingerprint density at radius 2 is 1.87 bits per heavy atom. The molecule has 206 valence electrons. The third kappa shape index (κ3) is 7.90. The van der Waals surface area contributed by atoms with Crippen LogP contribution in [0.2, 0.25) is 0 Å². The predicted molar refractivity (Wildman–Crippen MR) is 129 cm³/mol. The van der Waals surface area contributed by atoms with Crippen molar-refractivity contribution >= 4 is 44.2 Å². The molecule has 0 saturated carbocycles. The van der Waals surface area contributed by atoms with E-state index in [9.17, 15) is 38.2 Å². The van der Waals surface area contributed by atoms with Crippen molar-refractivity contribution in [2.75, 3.05) is 13.7 Å². The molecule has 2 heterocycles. The number of rotatable bonds is 6. The number of hydrogen-bond donors (Lipinski definition) is 4. The van der Waals surface area contributed by atoms with Crippen LogP contribution in [-0.4, -0.2) is 98.3 Å². The minimum atomic E-state index is -5.33. The van der Waals surface area contributed by atoms with Crippen molar-refractivity contribution < 1.29 is 108 Å². The predicted octanol–water partition coefficient (Wildman–Crippen LogP) is -2.89. The van der Waals surface area contributed by atoms with Gasteiger partial charge in [-0.25, -0.2) is 4.79 Å². The number of nitrogens with zero attached hydrogens (tertiary/aromatic N) is 2. The van der Waals surface area contributed by atoms with Crippen molar-refractivity contribution in [3.63, 3.8) is 0 Å². The van der Waals surface area contributed by atoms with E-state index in [0.717, 1.165) is 4.57 Å². The van der Waals surface area contributed by atoms with Gasteiger partial charge in [0, 0.05) is 11.8 Å². The minimum absolute atomic E-state index is 0. The molecule has 5 atom stereocenters. The first-order valence-electron chi connectivity index (χ1n) is 10.8. The van der Waals surface area contributed by atoms with Crippen LogP contribution in [0.15, 0.2) is 29.6 Å². The maximum absolute atomic E-state index is 13.0. The molecule has 2 aromatic rings. The van der Waals surface area contributed by atoms with E-state index in [2.05, 4.69) is 9.44 Å². The van der Waals surface area contributed by atoms with Crippen molar-refractivity contribution in [3.8, 4) is 5.75 Å². The number of aliphatic hydroxyl groups is 4. The Labute approximate surface area is 265 Å². The Hall–Kier alpha value is -0.804. The van der Waals surface area contributed by atoms with Gasteiger partial charge >= 0.3 is 57.5 Å². The number of carbonyl (C=O) groups excluding carboxylic acids is 1. The van der Waals surface area contributed by atoms with Gasteiger partial charge in [0.25, 0.3) is 10.4 Å². The van der Waals surface area contributed by atoms with Crippen molar-refractivity contribution in [2.45, 2.75) is 56.2 Å². The Bertz CT molecular complexity index is 1270. The molecular formula is C21H27KN2O12S2. The first-order chi connectivity index (χ1) is 17.2. The van der Waals surface area contributed by atoms with E-state index in [1.807, 2.05) is 0 Å². The summed E-state index contributed by atoms with van der Waals surface area (Å²) < 4.78 is 55.1. The molecule has 0 aliphatic carbocycles. The summed E-state index contributed by atoms with van der Waals surface area (Å²) >= 11 is 0.511. The van der Waals surface area contributed by atoms with Gasteiger partial charge in [-0.05, 0) is 32.9 Å². The second-order valence-corrected chi connectivity index (χ2v) is 11.0. The fraction of sp³-hybridized carbons (Fsp3) is 0.524. The zero-order valence-electron chi connectivity index (χ0n) is 21.2. The molecule has 1 aliphatic rings. The normalized spacial score (nSPS) is 24.6. The van der Waals surface area contributed by atoms with Gasteiger partial charge in [0.15, 0.2) is 0 Å². The van der Waals surface area contributed by atoms with Gasteiger partial charge in [-0.2, -0.15) is 8.42 Å². The Morgan fingerprint density at radius 3 is 2.42 bits per heavy atom. The summed E-state index contributed by atoms with van der Waals surface area (Å²) in [5, 5.41) is 43.4. The molecule has 38 heavy (non-hydrogen) atoms. The van der Waals surface area contributed by atoms with Crippen LogP contribution in [0.1, 0.15) is 26.3 Å². The summed E-state index contributed by atoms with van der Waals surface area (Å²) in [4.78, 5) is 13.0. The van der Waals surface area contributed by atoms with Crippen LogP contribution in [0.4, 0.5) is 4.79 Å². The van der Waals surface area contributed by atoms with Gasteiger partial charge in [0.05, 0.1) is 24.6 Å². The number of fused-ring (bicyclic) bond motifs is 1. The molecule has 14 nitrogen and oxygen atoms in total. The average Bonchev–Trinajstić information content (AvgIpc) is 3.20. The molecule has 0 unspecified atom stereocenters. The standard InChI is InChI=1S/C21H28N2O12S2.K/c1-21(2,3)34-20(28)23-8-10(14-11(23)6-5-7-12(14)32-4)18(22-35-37(29,30)31)36-19-17(27)16(26)15(25)13(9-24)33-19;/h5-8,13,15-17,19,24-27H,9H2,1-4H3,(H,29,30,31);/q;+1/p-1/b22-18+;/t13-,15-,16+,17-,19+;/m1./s1. The molecule has 4 N–H and O–H groups in total. The summed E-state index contributed by atoms with van der Waals surface area (Å²) in [7, 11) is -3.98. The summed E-state index contributed by atoms with van der Waals surface area (Å²) in [5.41, 5.74) is -2.02. The summed E-state index contributed by atoms with van der Waals surface area (Å²) in [6.45, 7) is 4.26. The van der Waals surface area contributed by atoms with Crippen LogP contribution < -0.4 is 56.1 Å². The van der Waals surface area contributed by atoms with Gasteiger partial charge in [-0.3, -0.25) is 8.85 Å². The van der Waals surface area contributed by atoms with E-state index in [1.54, 1.807) is 39.0 Å². The van der Waals surface area contributed by atoms with Gasteiger partial charge in [-0.15, -0.1) is 0 Å². The number of aromatic nitrogens is 1. The summed E-state index contributed by atoms with van der Waals surface area (Å²) in [5.74, 6) is 0.224. The number of oxime groups is 1. The number of carbonyl (C=O) groups is 1. The third-order valence-corrected chi connectivity index (χ3v) is 6.52. The van der Waals surface area contributed by atoms with Crippen molar-refractivity contribution in [1.82, 2.24) is 4.57 Å². The fourth-order valence-corrected chi connectivity index (χ4v) is 4.83. The Balaban J connectivity index is 0.00000507. The summed E-state index contributed by atoms with van der Waals surface area (Å²) in [6, 6.07) is 4.69. The average molecular weight is 603 g/mol. The fourth-order valence-electron chi connectivity index (χ4n) is 3.54. The molecule has 0 spiro atoms. The van der Waals surface area contributed by atoms with Crippen LogP contribution in [0.3, 0.4) is 0 Å². The molecule has 0 bridgehead atoms. The van der Waals surface area contributed by atoms with Crippen LogP contribution in [0.25, 0.3) is 10.9 Å². The smallest absolute Gasteiger partial charge is 0.714 e. The Kier molecular flexibility index (Phi) is 11.6. The van der Waals surface area contributed by atoms with Crippen LogP contribution in [-0.2, 0) is 24.2 Å². The van der Waals surface area contributed by atoms with Gasteiger partial charge in [0.1, 0.15) is 46.2 Å². The maximum atomic E-state index is 13.0. The van der Waals surface area contributed by atoms with E-state index in [-0.39, 0.29) is 78.6 Å². The minimum Gasteiger partial charge on any atom is -0.714 e. The third-order valence-electron chi connectivity index (χ3n) is 5.12. The molecule has 1 fully saturated rings. The second kappa shape index (κ2) is 13.2. The van der Waals surface area contributed by atoms with E-state index in [1.165, 1.54) is 13.3 Å². The monoisotopic (exact) mass is 602 g/mol. The van der Waals surface area contributed by atoms with E-state index in [0.29, 0.717) is 11.8 Å². The van der Waals surface area contributed by atoms with E-state index >= 15 is 0 Å². The first-order valence-corrected chi connectivity index (χ1v) is 13.0. The topological polar surface area (TPSA) is 209 Å².